The van der Waals surface area contributed by atoms with Crippen LogP contribution in [0.5, 0.6) is 0 Å². The number of carbonyl (C=O) groups excluding carboxylic acids is 5. The number of carbonyl (C=O) groups is 5. The van der Waals surface area contributed by atoms with Gasteiger partial charge in [-0.15, -0.1) is 0 Å². The molecule has 0 aromatic carbocycles. The molecule has 658 valence electrons. The van der Waals surface area contributed by atoms with Crippen molar-refractivity contribution in [3.05, 3.63) is 66.2 Å². The normalized spacial score (nSPS) is 19.4. The van der Waals surface area contributed by atoms with Crippen LogP contribution in [-0.4, -0.2) is 258 Å². The van der Waals surface area contributed by atoms with Gasteiger partial charge in [0.2, 0.25) is 28.4 Å². The van der Waals surface area contributed by atoms with Gasteiger partial charge in [0, 0.05) is 90.7 Å². The zero-order valence-corrected chi connectivity index (χ0v) is 92.1. The minimum absolute atomic E-state index is 0. The van der Waals surface area contributed by atoms with Crippen LogP contribution in [0.1, 0.15) is 293 Å². The second-order valence-corrected chi connectivity index (χ2v) is 53.4. The molecule has 116 heavy (non-hydrogen) atoms. The van der Waals surface area contributed by atoms with Crippen LogP contribution in [0.3, 0.4) is 0 Å². The molecule has 2 amide bonds. The Morgan fingerprint density at radius 3 is 1.16 bits per heavy atom. The van der Waals surface area contributed by atoms with Crippen LogP contribution in [0.15, 0.2) is 43.7 Å². The number of aliphatic hydroxyl groups excluding tert-OH is 1. The summed E-state index contributed by atoms with van der Waals surface area (Å²) in [5.74, 6) is -2.58. The molecule has 5 rings (SSSR count). The summed E-state index contributed by atoms with van der Waals surface area (Å²) in [6.45, 7) is 42.8. The van der Waals surface area contributed by atoms with Crippen molar-refractivity contribution in [2.24, 2.45) is 0 Å². The van der Waals surface area contributed by atoms with E-state index in [1.807, 2.05) is 6.92 Å². The number of hydrogen-bond donors (Lipinski definition) is 5. The molecule has 3 saturated heterocycles. The number of ether oxygens (including phenoxy) is 6. The molecule has 0 radical (unpaired) electrons. The number of esters is 2. The Bertz CT molecular complexity index is 3280. The first-order valence-electron chi connectivity index (χ1n) is 44.1. The van der Waals surface area contributed by atoms with Gasteiger partial charge >= 0.3 is 138 Å². The molecule has 0 saturated carbocycles. The number of hydrogen-bond acceptors (Lipinski definition) is 18. The molecule has 3 aliphatic heterocycles. The van der Waals surface area contributed by atoms with Crippen LogP contribution < -0.4 is 118 Å². The summed E-state index contributed by atoms with van der Waals surface area (Å²) in [5, 5.41) is 16.5. The molecular formula is C83H153Br2K3N6O18P2Si2. The number of aliphatic hydroxyl groups is 1. The number of rotatable bonds is 54. The van der Waals surface area contributed by atoms with E-state index in [9.17, 15) is 48.3 Å². The number of H-pyrrole nitrogens is 2. The molecule has 2 aromatic heterocycles. The van der Waals surface area contributed by atoms with Gasteiger partial charge in [0.05, 0.1) is 88.1 Å². The molecular weight excluding hydrogens is 1760 g/mol. The molecule has 8 atom stereocenters. The first kappa shape index (κ1) is 118. The fraction of sp³-hybridized carbons (Fsp3) is 0.843. The van der Waals surface area contributed by atoms with Gasteiger partial charge in [-0.1, -0.05) is 170 Å². The van der Waals surface area contributed by atoms with E-state index in [2.05, 4.69) is 145 Å². The van der Waals surface area contributed by atoms with Crippen molar-refractivity contribution >= 4 is 124 Å². The Morgan fingerprint density at radius 1 is 0.500 bits per heavy atom. The van der Waals surface area contributed by atoms with Crippen LogP contribution >= 0.6 is 14.5 Å². The fourth-order valence-electron chi connectivity index (χ4n) is 17.7. The topological polar surface area (TPSA) is 313 Å². The summed E-state index contributed by atoms with van der Waals surface area (Å²) in [7, 11) is -7.28. The van der Waals surface area contributed by atoms with E-state index in [0.29, 0.717) is 39.1 Å². The van der Waals surface area contributed by atoms with Crippen molar-refractivity contribution in [3.8, 4) is 0 Å². The molecule has 0 spiro atoms. The van der Waals surface area contributed by atoms with Crippen molar-refractivity contribution in [2.75, 3.05) is 82.2 Å². The van der Waals surface area contributed by atoms with Crippen LogP contribution in [0.2, 0.25) is 33.2 Å². The average Bonchev–Trinajstić information content (AvgIpc) is 1.66. The molecule has 3 aliphatic rings. The Morgan fingerprint density at radius 2 is 0.819 bits per heavy atom. The summed E-state index contributed by atoms with van der Waals surface area (Å²) in [6.07, 6.45) is 24.4. The Kier molecular flexibility index (Phi) is 63.1. The van der Waals surface area contributed by atoms with Gasteiger partial charge in [-0.05, 0) is 91.0 Å². The van der Waals surface area contributed by atoms with Crippen molar-refractivity contribution < 1.29 is 153 Å². The molecule has 0 aliphatic carbocycles. The van der Waals surface area contributed by atoms with Gasteiger partial charge < -0.3 is 88.4 Å². The number of Topliss-reactive ketones (excluding diaryl/α,β-unsaturated/α-hetero) is 1. The Hall–Kier alpha value is 1.79. The first-order chi connectivity index (χ1) is 53.7. The molecule has 5 N–H and O–H groups in total. The van der Waals surface area contributed by atoms with Gasteiger partial charge in [0.25, 0.3) is 11.1 Å². The van der Waals surface area contributed by atoms with Crippen molar-refractivity contribution in [2.45, 2.75) is 367 Å². The predicted octanol–water partition coefficient (Wildman–Crippen LogP) is 5.86. The van der Waals surface area contributed by atoms with Gasteiger partial charge in [0.15, 0.2) is 30.5 Å². The van der Waals surface area contributed by atoms with Crippen molar-refractivity contribution in [1.82, 2.24) is 29.7 Å². The van der Waals surface area contributed by atoms with Gasteiger partial charge in [-0.25, -0.2) is 9.59 Å². The quantitative estimate of drug-likeness (QED) is 0.0224. The third kappa shape index (κ3) is 37.1. The summed E-state index contributed by atoms with van der Waals surface area (Å²) in [6, 6.07) is 2.48. The number of aromatic nitrogens is 4. The van der Waals surface area contributed by atoms with E-state index >= 15 is 0 Å². The Labute approximate surface area is 810 Å². The van der Waals surface area contributed by atoms with E-state index in [1.54, 1.807) is 0 Å². The number of halogens is 2. The van der Waals surface area contributed by atoms with E-state index in [-0.39, 0.29) is 183 Å². The summed E-state index contributed by atoms with van der Waals surface area (Å²) < 4.78 is 53.8. The third-order valence-electron chi connectivity index (χ3n) is 23.7. The SMILES string of the molecule is CCCC[P+](CCCC)(CCCC)CCCNC(=O)CCC(=O)CCC(=O)O[C@@H]1C(O[Si](C(C)C)(C(C)C)C(C)C)[C@H](n2ccc(=O)[nH]c2=O)O[C@@H]1CO.CCCC[P+](CCCC)(CCCC)CCCNC(=O)CCC1(CCC(=O)O[C@@H]2C(O[Si](C(C)C)(C(C)C)C(C)C)[C@H](n3ccc(=O)[nH]c3=O)O[C@@H]2CC)OCCO1.[Br-].[Br-].[H-].[K+].[K][K]. The molecule has 2 aromatic rings. The zero-order valence-electron chi connectivity index (χ0n) is 76.8. The summed E-state index contributed by atoms with van der Waals surface area (Å²) in [5.41, 5.74) is -1.34. The van der Waals surface area contributed by atoms with Gasteiger partial charge in [-0.2, -0.15) is 0 Å². The Balaban J connectivity index is 0. The molecule has 5 heterocycles. The second-order valence-electron chi connectivity index (χ2n) is 33.6. The summed E-state index contributed by atoms with van der Waals surface area (Å²) in [4.78, 5) is 120. The van der Waals surface area contributed by atoms with Crippen molar-refractivity contribution in [1.29, 1.82) is 0 Å². The standard InChI is InChI=1S/C43H78N3O9PSi.C40H72N3O9PSi.2BrH.3K.H/c1-11-15-28-56(29-16-12-2,30-17-13-3)31-18-24-44-36(47)19-22-43(51-26-27-52-43)23-20-38(49)54-39-35(14-4)53-41(46-25-21-37(48)45-42(46)50)40(39)55-57(32(5)6,33(7)8)34(9)10;1-10-13-24-53(25-14-11-2,26-15-12-3)27-16-22-41-34(46)19-17-32(45)18-20-36(48)51-37-33(28-44)50-39(43-23-21-35(47)42-40(43)49)38(37)52-54(29(4)5,30(6)7)31(8)9;;;;;;/h21,25,32-35,39-41H,11-20,22-24,26-31H2,1-10H3,(H-,44,45,47,48,50);21,23,29-31,33,37-39,44H,10-20,22,24-28H2,1-9H3,(H-,41,42,46,47,49);2*1H;;;;/q;;;;;;+1;-1/t35-,39+,40?,41-;33-,37+,38?,39-;;;;;;/m11....../s1. The average molecular weight is 1920 g/mol. The number of ketones is 1. The van der Waals surface area contributed by atoms with Gasteiger partial charge in [-0.3, -0.25) is 52.7 Å². The van der Waals surface area contributed by atoms with Crippen molar-refractivity contribution in [3.63, 3.8) is 0 Å². The van der Waals surface area contributed by atoms with E-state index in [0.717, 1.165) is 12.8 Å². The van der Waals surface area contributed by atoms with Crippen LogP contribution in [0.25, 0.3) is 0 Å². The maximum absolute atomic E-state index is 13.8. The maximum atomic E-state index is 13.8. The number of nitrogens with zero attached hydrogens (tertiary/aromatic N) is 2. The predicted molar refractivity (Wildman–Crippen MR) is 466 cm³/mol. The summed E-state index contributed by atoms with van der Waals surface area (Å²) >= 11 is 2.50. The monoisotopic (exact) mass is 1910 g/mol. The molecule has 0 bridgehead atoms. The molecule has 3 fully saturated rings. The zero-order chi connectivity index (χ0) is 84.7. The third-order valence-corrected chi connectivity index (χ3v) is 46.0. The first-order valence-corrected chi connectivity index (χ1v) is 69.4. The molecule has 24 nitrogen and oxygen atoms in total. The van der Waals surface area contributed by atoms with Crippen LogP contribution in [0, 0.1) is 0 Å². The number of unbranched alkanes of at least 4 members (excludes halogenated alkanes) is 6. The fourth-order valence-corrected chi connectivity index (χ4v) is 39.1. The van der Waals surface area contributed by atoms with E-state index in [1.165, 1.54) is 223 Å². The van der Waals surface area contributed by atoms with E-state index in [4.69, 9.17) is 37.3 Å². The molecule has 2 unspecified atom stereocenters. The van der Waals surface area contributed by atoms with Gasteiger partial charge in [0.1, 0.15) is 24.1 Å². The van der Waals surface area contributed by atoms with Crippen LogP contribution in [0.4, 0.5) is 0 Å². The minimum atomic E-state index is -2.66. The molecule has 33 heteroatoms. The second kappa shape index (κ2) is 62.1. The number of aromatic amines is 2. The van der Waals surface area contributed by atoms with Crippen LogP contribution in [-0.2, 0) is 61.2 Å². The number of nitrogens with one attached hydrogen (secondary N) is 4. The number of amides is 2. The van der Waals surface area contributed by atoms with E-state index < -0.39 is 127 Å².